The van der Waals surface area contributed by atoms with E-state index in [1.165, 1.54) is 10.5 Å². The molecule has 3 rings (SSSR count). The van der Waals surface area contributed by atoms with E-state index in [4.69, 9.17) is 0 Å². The van der Waals surface area contributed by atoms with E-state index in [0.717, 1.165) is 22.5 Å². The Morgan fingerprint density at radius 3 is 2.44 bits per heavy atom. The first kappa shape index (κ1) is 19.4. The summed E-state index contributed by atoms with van der Waals surface area (Å²) in [6.07, 6.45) is 2.07. The second-order valence-corrected chi connectivity index (χ2v) is 9.53. The summed E-state index contributed by atoms with van der Waals surface area (Å²) in [6.45, 7) is 6.15. The van der Waals surface area contributed by atoms with Crippen LogP contribution in [-0.2, 0) is 9.84 Å². The summed E-state index contributed by atoms with van der Waals surface area (Å²) < 4.78 is 23.4. The van der Waals surface area contributed by atoms with Gasteiger partial charge in [-0.15, -0.1) is 0 Å². The fourth-order valence-electron chi connectivity index (χ4n) is 3.57. The summed E-state index contributed by atoms with van der Waals surface area (Å²) in [5.74, 6) is -0.108. The quantitative estimate of drug-likeness (QED) is 0.872. The molecule has 0 bridgehead atoms. The molecule has 1 fully saturated rings. The number of carbonyl (C=O) groups excluding carboxylic acids is 1. The van der Waals surface area contributed by atoms with Gasteiger partial charge >= 0.3 is 0 Å². The summed E-state index contributed by atoms with van der Waals surface area (Å²) in [5.41, 5.74) is 5.55. The molecule has 1 aliphatic rings. The van der Waals surface area contributed by atoms with Crippen molar-refractivity contribution >= 4 is 27.1 Å². The van der Waals surface area contributed by atoms with Gasteiger partial charge in [0.1, 0.15) is 5.69 Å². The average Bonchev–Trinajstić information content (AvgIpc) is 2.97. The average molecular weight is 388 g/mol. The lowest BCUT2D eigenvalue weighted by atomic mass is 10.0. The Bertz CT molecular complexity index is 963. The zero-order valence-corrected chi connectivity index (χ0v) is 16.9. The molecule has 2 heterocycles. The molecule has 1 amide bonds. The Balaban J connectivity index is 1.80. The van der Waals surface area contributed by atoms with Gasteiger partial charge in [-0.1, -0.05) is 17.7 Å². The first-order valence-electron chi connectivity index (χ1n) is 8.95. The van der Waals surface area contributed by atoms with E-state index in [2.05, 4.69) is 29.4 Å². The number of hydrogen-bond donors (Lipinski definition) is 1. The highest BCUT2D eigenvalue weighted by Crippen LogP contribution is 2.26. The minimum atomic E-state index is -3.04. The number of aryl methyl sites for hydroxylation is 3. The molecule has 1 saturated heterocycles. The number of rotatable bonds is 4. The molecule has 1 aromatic carbocycles. The van der Waals surface area contributed by atoms with Crippen molar-refractivity contribution in [2.24, 2.45) is 0 Å². The maximum Gasteiger partial charge on any atom is 0.272 e. The highest BCUT2D eigenvalue weighted by Gasteiger charge is 2.33. The molecule has 0 spiro atoms. The third kappa shape index (κ3) is 4.30. The molecular formula is C20H25N3O3S. The lowest BCUT2D eigenvalue weighted by molar-refractivity contribution is 0.0742. The van der Waals surface area contributed by atoms with Gasteiger partial charge in [-0.2, -0.15) is 0 Å². The normalized spacial score (nSPS) is 18.3. The van der Waals surface area contributed by atoms with Crippen molar-refractivity contribution in [1.82, 2.24) is 9.88 Å². The minimum Gasteiger partial charge on any atom is -0.355 e. The van der Waals surface area contributed by atoms with Crippen molar-refractivity contribution < 1.29 is 13.2 Å². The number of benzene rings is 1. The van der Waals surface area contributed by atoms with Gasteiger partial charge in [0.05, 0.1) is 11.5 Å². The van der Waals surface area contributed by atoms with Crippen molar-refractivity contribution in [1.29, 1.82) is 0 Å². The van der Waals surface area contributed by atoms with Crippen molar-refractivity contribution in [2.75, 3.05) is 23.9 Å². The first-order chi connectivity index (χ1) is 12.7. The van der Waals surface area contributed by atoms with Crippen LogP contribution in [0.2, 0.25) is 0 Å². The Morgan fingerprint density at radius 2 is 1.85 bits per heavy atom. The monoisotopic (exact) mass is 387 g/mol. The van der Waals surface area contributed by atoms with Gasteiger partial charge in [-0.25, -0.2) is 8.42 Å². The Morgan fingerprint density at radius 1 is 1.19 bits per heavy atom. The number of nitrogens with one attached hydrogen (secondary N) is 1. The largest absolute Gasteiger partial charge is 0.355 e. The Kier molecular flexibility index (Phi) is 5.24. The predicted molar refractivity (Wildman–Crippen MR) is 107 cm³/mol. The van der Waals surface area contributed by atoms with Crippen LogP contribution < -0.4 is 5.32 Å². The summed E-state index contributed by atoms with van der Waals surface area (Å²) in [4.78, 5) is 18.5. The molecular weight excluding hydrogens is 362 g/mol. The van der Waals surface area contributed by atoms with Crippen molar-refractivity contribution in [3.8, 4) is 0 Å². The number of sulfone groups is 1. The maximum absolute atomic E-state index is 12.8. The Hall–Kier alpha value is -2.41. The molecule has 1 N–H and O–H groups in total. The molecule has 144 valence electrons. The second kappa shape index (κ2) is 7.31. The van der Waals surface area contributed by atoms with Gasteiger partial charge < -0.3 is 10.2 Å². The first-order valence-corrected chi connectivity index (χ1v) is 10.8. The Labute approximate surface area is 160 Å². The summed E-state index contributed by atoms with van der Waals surface area (Å²) >= 11 is 0. The molecule has 1 unspecified atom stereocenters. The fourth-order valence-corrected chi connectivity index (χ4v) is 5.35. The molecule has 7 heteroatoms. The standard InChI is InChI=1S/C20H25N3O3S/c1-13-9-14(2)19(15(3)10-13)22-16-5-7-21-18(11-16)20(24)23(4)17-6-8-27(25,26)12-17/h5,7,9-11,17H,6,8,12H2,1-4H3,(H,21,22). The smallest absolute Gasteiger partial charge is 0.272 e. The predicted octanol–water partition coefficient (Wildman–Crippen LogP) is 3.01. The number of anilines is 2. The SMILES string of the molecule is Cc1cc(C)c(Nc2ccnc(C(=O)N(C)C3CCS(=O)(=O)C3)c2)c(C)c1. The number of carbonyl (C=O) groups is 1. The van der Waals surface area contributed by atoms with Crippen LogP contribution in [0.5, 0.6) is 0 Å². The second-order valence-electron chi connectivity index (χ2n) is 7.30. The molecule has 27 heavy (non-hydrogen) atoms. The molecule has 1 aromatic heterocycles. The zero-order chi connectivity index (χ0) is 19.8. The zero-order valence-electron chi connectivity index (χ0n) is 16.1. The molecule has 1 atom stereocenters. The summed E-state index contributed by atoms with van der Waals surface area (Å²) in [6, 6.07) is 7.45. The van der Waals surface area contributed by atoms with Crippen LogP contribution in [0.15, 0.2) is 30.5 Å². The van der Waals surface area contributed by atoms with E-state index >= 15 is 0 Å². The highest BCUT2D eigenvalue weighted by molar-refractivity contribution is 7.91. The summed E-state index contributed by atoms with van der Waals surface area (Å²) in [5, 5.41) is 3.38. The van der Waals surface area contributed by atoms with Crippen molar-refractivity contribution in [2.45, 2.75) is 33.2 Å². The number of pyridine rings is 1. The van der Waals surface area contributed by atoms with Gasteiger partial charge in [0.25, 0.3) is 5.91 Å². The van der Waals surface area contributed by atoms with Crippen LogP contribution in [0.25, 0.3) is 0 Å². The van der Waals surface area contributed by atoms with Crippen LogP contribution in [0.3, 0.4) is 0 Å². The van der Waals surface area contributed by atoms with Crippen LogP contribution in [0.4, 0.5) is 11.4 Å². The van der Waals surface area contributed by atoms with E-state index < -0.39 is 9.84 Å². The lowest BCUT2D eigenvalue weighted by Gasteiger charge is -2.23. The van der Waals surface area contributed by atoms with Crippen LogP contribution in [0, 0.1) is 20.8 Å². The highest BCUT2D eigenvalue weighted by atomic mass is 32.2. The number of nitrogens with zero attached hydrogens (tertiary/aromatic N) is 2. The maximum atomic E-state index is 12.8. The summed E-state index contributed by atoms with van der Waals surface area (Å²) in [7, 11) is -1.40. The third-order valence-electron chi connectivity index (χ3n) is 5.00. The van der Waals surface area contributed by atoms with Gasteiger partial charge in [0.2, 0.25) is 0 Å². The van der Waals surface area contributed by atoms with E-state index in [0.29, 0.717) is 12.1 Å². The fraction of sp³-hybridized carbons (Fsp3) is 0.400. The molecule has 0 aliphatic carbocycles. The van der Waals surface area contributed by atoms with Crippen molar-refractivity contribution in [3.05, 3.63) is 52.8 Å². The van der Waals surface area contributed by atoms with Crippen LogP contribution in [-0.4, -0.2) is 48.8 Å². The van der Waals surface area contributed by atoms with E-state index in [1.807, 2.05) is 19.9 Å². The lowest BCUT2D eigenvalue weighted by Crippen LogP contribution is -2.38. The molecule has 0 saturated carbocycles. The molecule has 6 nitrogen and oxygen atoms in total. The number of aromatic nitrogens is 1. The van der Waals surface area contributed by atoms with Gasteiger partial charge in [0.15, 0.2) is 9.84 Å². The van der Waals surface area contributed by atoms with Gasteiger partial charge in [0, 0.05) is 30.7 Å². The molecule has 0 radical (unpaired) electrons. The molecule has 2 aromatic rings. The van der Waals surface area contributed by atoms with Crippen LogP contribution in [0.1, 0.15) is 33.6 Å². The third-order valence-corrected chi connectivity index (χ3v) is 6.75. The van der Waals surface area contributed by atoms with Gasteiger partial charge in [-0.3, -0.25) is 9.78 Å². The minimum absolute atomic E-state index is 0.0228. The van der Waals surface area contributed by atoms with Crippen molar-refractivity contribution in [3.63, 3.8) is 0 Å². The van der Waals surface area contributed by atoms with E-state index in [9.17, 15) is 13.2 Å². The number of amides is 1. The van der Waals surface area contributed by atoms with E-state index in [-0.39, 0.29) is 23.5 Å². The van der Waals surface area contributed by atoms with E-state index in [1.54, 1.807) is 19.3 Å². The molecule has 1 aliphatic heterocycles. The topological polar surface area (TPSA) is 79.4 Å². The van der Waals surface area contributed by atoms with Crippen LogP contribution >= 0.6 is 0 Å². The van der Waals surface area contributed by atoms with Gasteiger partial charge in [-0.05, 0) is 50.5 Å². The number of hydrogen-bond acceptors (Lipinski definition) is 5.